The van der Waals surface area contributed by atoms with Crippen molar-refractivity contribution in [1.29, 1.82) is 0 Å². The van der Waals surface area contributed by atoms with Crippen molar-refractivity contribution in [2.75, 3.05) is 13.2 Å². The predicted octanol–water partition coefficient (Wildman–Crippen LogP) is 6.44. The van der Waals surface area contributed by atoms with Gasteiger partial charge in [0.2, 0.25) is 5.91 Å². The summed E-state index contributed by atoms with van der Waals surface area (Å²) in [5.41, 5.74) is 6.41. The maximum absolute atomic E-state index is 9.12. The van der Waals surface area contributed by atoms with Gasteiger partial charge in [0.25, 0.3) is 0 Å². The second kappa shape index (κ2) is 21.6. The third-order valence-corrected chi connectivity index (χ3v) is 6.00. The Bertz CT molecular complexity index is 353. The van der Waals surface area contributed by atoms with Crippen LogP contribution in [0.2, 0.25) is 0 Å². The first-order chi connectivity index (χ1) is 15.0. The van der Waals surface area contributed by atoms with Crippen LogP contribution in [0.4, 0.5) is 0 Å². The van der Waals surface area contributed by atoms with Crippen molar-refractivity contribution in [2.45, 2.75) is 154 Å². The molecule has 0 spiro atoms. The van der Waals surface area contributed by atoms with Crippen molar-refractivity contribution in [2.24, 2.45) is 5.73 Å². The van der Waals surface area contributed by atoms with Crippen molar-refractivity contribution >= 4 is 0 Å². The van der Waals surface area contributed by atoms with Gasteiger partial charge in [0, 0.05) is 19.6 Å². The second-order valence-corrected chi connectivity index (χ2v) is 9.39. The van der Waals surface area contributed by atoms with E-state index in [2.05, 4.69) is 6.92 Å². The van der Waals surface area contributed by atoms with Crippen molar-refractivity contribution in [1.82, 2.24) is 0 Å². The third kappa shape index (κ3) is 20.2. The zero-order valence-corrected chi connectivity index (χ0v) is 21.1. The largest absolute Gasteiger partial charge is 0.396 e. The first-order valence-corrected chi connectivity index (χ1v) is 13.3. The molecule has 2 unspecified atom stereocenters. The van der Waals surface area contributed by atoms with Crippen molar-refractivity contribution in [3.05, 3.63) is 0 Å². The molecule has 0 fully saturated rings. The molecule has 2 atom stereocenters. The zero-order chi connectivity index (χ0) is 23.2. The molecule has 0 aromatic rings. The summed E-state index contributed by atoms with van der Waals surface area (Å²) in [6, 6.07) is 0. The Balaban J connectivity index is 3.79. The average Bonchev–Trinajstić information content (AvgIpc) is 2.71. The molecule has 0 rings (SSSR count). The summed E-state index contributed by atoms with van der Waals surface area (Å²) in [5.74, 6) is -1.14. The van der Waals surface area contributed by atoms with Gasteiger partial charge in [-0.3, -0.25) is 5.73 Å². The number of hydrogen-bond donors (Lipinski definition) is 3. The molecule has 0 saturated carbocycles. The highest BCUT2D eigenvalue weighted by atomic mass is 16.7. The van der Waals surface area contributed by atoms with Crippen LogP contribution in [0.5, 0.6) is 0 Å². The van der Waals surface area contributed by atoms with E-state index in [0.717, 1.165) is 12.8 Å². The lowest BCUT2D eigenvalue weighted by Gasteiger charge is -2.35. The summed E-state index contributed by atoms with van der Waals surface area (Å²) in [6.45, 7) is 6.23. The van der Waals surface area contributed by atoms with Crippen LogP contribution < -0.4 is 5.73 Å². The number of hydrogen-bond acceptors (Lipinski definition) is 5. The smallest absolute Gasteiger partial charge is 0.225 e. The number of aliphatic hydroxyl groups is 2. The van der Waals surface area contributed by atoms with Gasteiger partial charge in [0.15, 0.2) is 0 Å². The number of unbranched alkanes of at least 4 members (excludes halogenated alkanes) is 14. The van der Waals surface area contributed by atoms with Gasteiger partial charge in [-0.25, -0.2) is 0 Å². The van der Waals surface area contributed by atoms with Crippen molar-refractivity contribution in [3.8, 4) is 0 Å². The fourth-order valence-corrected chi connectivity index (χ4v) is 4.05. The number of ether oxygens (including phenoxy) is 2. The molecule has 0 aliphatic carbocycles. The van der Waals surface area contributed by atoms with Gasteiger partial charge < -0.3 is 19.7 Å². The molecule has 31 heavy (non-hydrogen) atoms. The Morgan fingerprint density at radius 2 is 0.935 bits per heavy atom. The molecule has 0 saturated heterocycles. The molecule has 0 aromatic heterocycles. The van der Waals surface area contributed by atoms with E-state index in [9.17, 15) is 0 Å². The molecule has 0 heterocycles. The van der Waals surface area contributed by atoms with E-state index in [-0.39, 0.29) is 25.4 Å². The topological polar surface area (TPSA) is 84.9 Å². The van der Waals surface area contributed by atoms with Crippen LogP contribution in [0.1, 0.15) is 136 Å². The predicted molar refractivity (Wildman–Crippen MR) is 131 cm³/mol. The summed E-state index contributed by atoms with van der Waals surface area (Å²) in [4.78, 5) is 0. The number of rotatable bonds is 24. The second-order valence-electron chi connectivity index (χ2n) is 9.39. The highest BCUT2D eigenvalue weighted by molar-refractivity contribution is 4.68. The molecular formula is C26H55NO4. The normalized spacial score (nSPS) is 15.7. The molecule has 0 amide bonds. The lowest BCUT2D eigenvalue weighted by Crippen LogP contribution is -2.49. The van der Waals surface area contributed by atoms with E-state index in [4.69, 9.17) is 25.4 Å². The van der Waals surface area contributed by atoms with E-state index >= 15 is 0 Å². The van der Waals surface area contributed by atoms with Crippen LogP contribution in [0, 0.1) is 0 Å². The van der Waals surface area contributed by atoms with Gasteiger partial charge in [0.05, 0.1) is 12.2 Å². The summed E-state index contributed by atoms with van der Waals surface area (Å²) >= 11 is 0. The van der Waals surface area contributed by atoms with Gasteiger partial charge in [-0.05, 0) is 33.1 Å². The number of aliphatic hydroxyl groups excluding tert-OH is 2. The molecule has 5 nitrogen and oxygen atoms in total. The van der Waals surface area contributed by atoms with Gasteiger partial charge in [-0.2, -0.15) is 0 Å². The minimum atomic E-state index is -1.14. The minimum absolute atomic E-state index is 0.0718. The van der Waals surface area contributed by atoms with Crippen LogP contribution in [-0.4, -0.2) is 41.5 Å². The van der Waals surface area contributed by atoms with Gasteiger partial charge in [0.1, 0.15) is 0 Å². The van der Waals surface area contributed by atoms with E-state index in [1.54, 1.807) is 0 Å². The Morgan fingerprint density at radius 1 is 0.613 bits per heavy atom. The highest BCUT2D eigenvalue weighted by Crippen LogP contribution is 2.22. The molecule has 0 aliphatic rings. The fourth-order valence-electron chi connectivity index (χ4n) is 4.05. The Kier molecular flexibility index (Phi) is 21.5. The maximum Gasteiger partial charge on any atom is 0.225 e. The molecule has 0 aliphatic heterocycles. The molecule has 4 N–H and O–H groups in total. The number of nitrogens with two attached hydrogens (primary N) is 1. The molecular weight excluding hydrogens is 390 g/mol. The Labute approximate surface area is 193 Å². The molecule has 5 heteroatoms. The molecule has 188 valence electrons. The van der Waals surface area contributed by atoms with Crippen molar-refractivity contribution in [3.63, 3.8) is 0 Å². The molecule has 0 aromatic carbocycles. The molecule has 0 radical (unpaired) electrons. The van der Waals surface area contributed by atoms with Crippen LogP contribution in [-0.2, 0) is 9.47 Å². The van der Waals surface area contributed by atoms with Gasteiger partial charge in [-0.1, -0.05) is 96.8 Å². The third-order valence-electron chi connectivity index (χ3n) is 6.00. The van der Waals surface area contributed by atoms with Crippen molar-refractivity contribution < 1.29 is 19.7 Å². The fraction of sp³-hybridized carbons (Fsp3) is 1.00. The van der Waals surface area contributed by atoms with Crippen LogP contribution in [0.3, 0.4) is 0 Å². The average molecular weight is 446 g/mol. The minimum Gasteiger partial charge on any atom is -0.396 e. The van der Waals surface area contributed by atoms with E-state index in [0.29, 0.717) is 19.3 Å². The first-order valence-electron chi connectivity index (χ1n) is 13.3. The first kappa shape index (κ1) is 30.8. The highest BCUT2D eigenvalue weighted by Gasteiger charge is 2.30. The Morgan fingerprint density at radius 3 is 1.26 bits per heavy atom. The lowest BCUT2D eigenvalue weighted by molar-refractivity contribution is -0.277. The van der Waals surface area contributed by atoms with E-state index in [1.807, 2.05) is 13.8 Å². The van der Waals surface area contributed by atoms with Crippen LogP contribution >= 0.6 is 0 Å². The quantitative estimate of drug-likeness (QED) is 0.118. The van der Waals surface area contributed by atoms with Crippen LogP contribution in [0.15, 0.2) is 0 Å². The van der Waals surface area contributed by atoms with Crippen LogP contribution in [0.25, 0.3) is 0 Å². The summed E-state index contributed by atoms with van der Waals surface area (Å²) in [7, 11) is 0. The summed E-state index contributed by atoms with van der Waals surface area (Å²) in [6.07, 6.45) is 21.3. The van der Waals surface area contributed by atoms with Gasteiger partial charge >= 0.3 is 0 Å². The van der Waals surface area contributed by atoms with E-state index < -0.39 is 5.91 Å². The Hall–Kier alpha value is -0.200. The monoisotopic (exact) mass is 445 g/mol. The maximum atomic E-state index is 9.12. The lowest BCUT2D eigenvalue weighted by atomic mass is 10.0. The zero-order valence-electron chi connectivity index (χ0n) is 21.1. The summed E-state index contributed by atoms with van der Waals surface area (Å²) < 4.78 is 11.9. The summed E-state index contributed by atoms with van der Waals surface area (Å²) in [5, 5.41) is 18.2. The molecule has 0 bridgehead atoms. The standard InChI is InChI=1S/C26H55NO4/c1-4-5-6-7-8-9-10-11-12-13-14-15-16-17-18-21-26(27,30-24(2)19-22-28)31-25(3)20-23-29/h24-25,28-29H,4-23,27H2,1-3H3. The SMILES string of the molecule is CCCCCCCCCCCCCCCCCC(N)(OC(C)CCO)OC(C)CCO. The van der Waals surface area contributed by atoms with E-state index in [1.165, 1.54) is 83.5 Å². The van der Waals surface area contributed by atoms with Gasteiger partial charge in [-0.15, -0.1) is 0 Å².